The smallest absolute Gasteiger partial charge is 0.303 e. The van der Waals surface area contributed by atoms with Crippen LogP contribution in [0.4, 0.5) is 0 Å². The number of carbonyl (C=O) groups excluding carboxylic acids is 2. The van der Waals surface area contributed by atoms with Crippen LogP contribution < -0.4 is 5.32 Å². The Labute approximate surface area is 164 Å². The maximum absolute atomic E-state index is 11.6. The van der Waals surface area contributed by atoms with Crippen molar-refractivity contribution < 1.29 is 33.6 Å². The van der Waals surface area contributed by atoms with Crippen LogP contribution in [0, 0.1) is 0 Å². The van der Waals surface area contributed by atoms with Gasteiger partial charge in [-0.1, -0.05) is 36.4 Å². The lowest BCUT2D eigenvalue weighted by Crippen LogP contribution is -2.65. The maximum atomic E-state index is 11.6. The van der Waals surface area contributed by atoms with Crippen molar-refractivity contribution in [2.45, 2.75) is 51.1 Å². The predicted octanol–water partition coefficient (Wildman–Crippen LogP) is 0.928. The molecule has 0 saturated carbocycles. The van der Waals surface area contributed by atoms with E-state index in [1.165, 1.54) is 13.8 Å². The van der Waals surface area contributed by atoms with E-state index in [2.05, 4.69) is 11.9 Å². The molecule has 1 fully saturated rings. The van der Waals surface area contributed by atoms with E-state index in [1.54, 1.807) is 6.08 Å². The quantitative estimate of drug-likeness (QED) is 0.475. The van der Waals surface area contributed by atoms with Crippen LogP contribution in [0.2, 0.25) is 0 Å². The molecule has 2 rings (SSSR count). The Kier molecular flexibility index (Phi) is 8.59. The second-order valence-corrected chi connectivity index (χ2v) is 6.45. The highest BCUT2D eigenvalue weighted by atomic mass is 16.7. The Hall–Kier alpha value is -2.26. The van der Waals surface area contributed by atoms with Gasteiger partial charge in [0.25, 0.3) is 0 Å². The normalized spacial score (nSPS) is 27.0. The van der Waals surface area contributed by atoms with Crippen molar-refractivity contribution in [1.82, 2.24) is 5.32 Å². The molecule has 1 aliphatic heterocycles. The summed E-state index contributed by atoms with van der Waals surface area (Å²) in [5.74, 6) is -0.961. The monoisotopic (exact) mass is 393 g/mol. The molecule has 0 unspecified atom stereocenters. The molecule has 1 heterocycles. The van der Waals surface area contributed by atoms with E-state index in [4.69, 9.17) is 18.9 Å². The number of nitrogens with one attached hydrogen (secondary N) is 1. The van der Waals surface area contributed by atoms with Crippen molar-refractivity contribution in [2.24, 2.45) is 0 Å². The number of esters is 1. The molecule has 0 spiro atoms. The molecular formula is C20H27NO7. The van der Waals surface area contributed by atoms with E-state index < -0.39 is 42.5 Å². The van der Waals surface area contributed by atoms with Gasteiger partial charge < -0.3 is 29.4 Å². The van der Waals surface area contributed by atoms with Gasteiger partial charge in [-0.15, -0.1) is 6.58 Å². The molecule has 0 aliphatic carbocycles. The average molecular weight is 393 g/mol. The Morgan fingerprint density at radius 2 is 1.96 bits per heavy atom. The second-order valence-electron chi connectivity index (χ2n) is 6.45. The van der Waals surface area contributed by atoms with Crippen LogP contribution in [0.15, 0.2) is 43.0 Å². The van der Waals surface area contributed by atoms with E-state index in [0.717, 1.165) is 5.56 Å². The highest BCUT2D eigenvalue weighted by Gasteiger charge is 2.48. The molecule has 154 valence electrons. The van der Waals surface area contributed by atoms with E-state index in [9.17, 15) is 14.7 Å². The fourth-order valence-corrected chi connectivity index (χ4v) is 3.02. The van der Waals surface area contributed by atoms with Gasteiger partial charge in [0.15, 0.2) is 12.4 Å². The van der Waals surface area contributed by atoms with Crippen LogP contribution in [-0.2, 0) is 35.1 Å². The number of benzene rings is 1. The van der Waals surface area contributed by atoms with Gasteiger partial charge in [0.2, 0.25) is 5.91 Å². The summed E-state index contributed by atoms with van der Waals surface area (Å²) in [7, 11) is 0. The van der Waals surface area contributed by atoms with Gasteiger partial charge in [-0.2, -0.15) is 0 Å². The summed E-state index contributed by atoms with van der Waals surface area (Å²) < 4.78 is 22.5. The van der Waals surface area contributed by atoms with Crippen molar-refractivity contribution in [2.75, 3.05) is 13.2 Å². The number of hydrogen-bond acceptors (Lipinski definition) is 7. The summed E-state index contributed by atoms with van der Waals surface area (Å²) in [6.45, 7) is 6.77. The zero-order valence-corrected chi connectivity index (χ0v) is 16.1. The third-order valence-corrected chi connectivity index (χ3v) is 4.14. The van der Waals surface area contributed by atoms with Crippen LogP contribution in [-0.4, -0.2) is 60.8 Å². The summed E-state index contributed by atoms with van der Waals surface area (Å²) in [5.41, 5.74) is 0.982. The molecule has 1 saturated heterocycles. The molecule has 1 aliphatic rings. The molecule has 1 amide bonds. The van der Waals surface area contributed by atoms with Gasteiger partial charge in [0.1, 0.15) is 18.2 Å². The lowest BCUT2D eigenvalue weighted by molar-refractivity contribution is -0.268. The first-order chi connectivity index (χ1) is 13.4. The first kappa shape index (κ1) is 22.0. The second kappa shape index (κ2) is 10.9. The topological polar surface area (TPSA) is 103 Å². The summed E-state index contributed by atoms with van der Waals surface area (Å²) >= 11 is 0. The summed E-state index contributed by atoms with van der Waals surface area (Å²) in [4.78, 5) is 23.1. The minimum atomic E-state index is -1.39. The maximum Gasteiger partial charge on any atom is 0.303 e. The third-order valence-electron chi connectivity index (χ3n) is 4.14. The minimum Gasteiger partial charge on any atom is -0.457 e. The molecule has 2 N–H and O–H groups in total. The first-order valence-corrected chi connectivity index (χ1v) is 9.04. The number of amides is 1. The number of aliphatic hydroxyl groups is 1. The Balaban J connectivity index is 2.13. The van der Waals surface area contributed by atoms with Gasteiger partial charge in [-0.3, -0.25) is 9.59 Å². The van der Waals surface area contributed by atoms with E-state index in [-0.39, 0.29) is 13.2 Å². The van der Waals surface area contributed by atoms with Crippen molar-refractivity contribution in [3.05, 3.63) is 48.6 Å². The fraction of sp³-hybridized carbons (Fsp3) is 0.500. The Morgan fingerprint density at radius 3 is 2.57 bits per heavy atom. The average Bonchev–Trinajstić information content (AvgIpc) is 2.64. The molecule has 0 radical (unpaired) electrons. The molecule has 0 bridgehead atoms. The van der Waals surface area contributed by atoms with Gasteiger partial charge in [0, 0.05) is 13.8 Å². The van der Waals surface area contributed by atoms with Gasteiger partial charge >= 0.3 is 5.97 Å². The van der Waals surface area contributed by atoms with Crippen LogP contribution >= 0.6 is 0 Å². The SMILES string of the molecule is C=CCO[C@H]1[C@H](OC(C)=O)[C@H](NC(C)=O)[C@@H](O)O[C@@H]1COCc1ccccc1. The lowest BCUT2D eigenvalue weighted by atomic mass is 9.96. The Bertz CT molecular complexity index is 651. The van der Waals surface area contributed by atoms with Crippen molar-refractivity contribution in [1.29, 1.82) is 0 Å². The summed E-state index contributed by atoms with van der Waals surface area (Å²) in [5, 5.41) is 12.9. The zero-order chi connectivity index (χ0) is 20.5. The molecule has 28 heavy (non-hydrogen) atoms. The molecule has 0 aromatic heterocycles. The summed E-state index contributed by atoms with van der Waals surface area (Å²) in [6, 6.07) is 8.61. The first-order valence-electron chi connectivity index (χ1n) is 9.04. The van der Waals surface area contributed by atoms with Crippen molar-refractivity contribution >= 4 is 11.9 Å². The molecule has 1 aromatic carbocycles. The molecular weight excluding hydrogens is 366 g/mol. The molecule has 8 nitrogen and oxygen atoms in total. The van der Waals surface area contributed by atoms with E-state index in [0.29, 0.717) is 6.61 Å². The predicted molar refractivity (Wildman–Crippen MR) is 100 cm³/mol. The van der Waals surface area contributed by atoms with Crippen LogP contribution in [0.1, 0.15) is 19.4 Å². The van der Waals surface area contributed by atoms with Crippen molar-refractivity contribution in [3.8, 4) is 0 Å². The van der Waals surface area contributed by atoms with Crippen LogP contribution in [0.5, 0.6) is 0 Å². The van der Waals surface area contributed by atoms with E-state index in [1.807, 2.05) is 30.3 Å². The number of ether oxygens (including phenoxy) is 4. The highest BCUT2D eigenvalue weighted by Crippen LogP contribution is 2.26. The van der Waals surface area contributed by atoms with Crippen LogP contribution in [0.3, 0.4) is 0 Å². The van der Waals surface area contributed by atoms with Crippen LogP contribution in [0.25, 0.3) is 0 Å². The zero-order valence-electron chi connectivity index (χ0n) is 16.1. The molecule has 1 aromatic rings. The number of rotatable bonds is 9. The highest BCUT2D eigenvalue weighted by molar-refractivity contribution is 5.73. The fourth-order valence-electron chi connectivity index (χ4n) is 3.02. The minimum absolute atomic E-state index is 0.0956. The molecule has 5 atom stereocenters. The van der Waals surface area contributed by atoms with Gasteiger partial charge in [-0.25, -0.2) is 0 Å². The summed E-state index contributed by atoms with van der Waals surface area (Å²) in [6.07, 6.45) is -2.27. The van der Waals surface area contributed by atoms with E-state index >= 15 is 0 Å². The molecule has 8 heteroatoms. The number of carbonyl (C=O) groups is 2. The van der Waals surface area contributed by atoms with Gasteiger partial charge in [-0.05, 0) is 5.56 Å². The number of aliphatic hydroxyl groups excluding tert-OH is 1. The lowest BCUT2D eigenvalue weighted by Gasteiger charge is -2.44. The van der Waals surface area contributed by atoms with Crippen molar-refractivity contribution in [3.63, 3.8) is 0 Å². The standard InChI is InChI=1S/C20H27NO7/c1-4-10-26-18-16(12-25-11-15-8-6-5-7-9-15)28-20(24)17(21-13(2)22)19(18)27-14(3)23/h4-9,16-20,24H,1,10-12H2,2-3H3,(H,21,22)/t16-,17+,18-,19-,20+/m1/s1. The Morgan fingerprint density at radius 1 is 1.25 bits per heavy atom. The number of hydrogen-bond donors (Lipinski definition) is 2. The third kappa shape index (κ3) is 6.42. The largest absolute Gasteiger partial charge is 0.457 e. The van der Waals surface area contributed by atoms with Gasteiger partial charge in [0.05, 0.1) is 19.8 Å².